The maximum atomic E-state index is 12.5. The lowest BCUT2D eigenvalue weighted by atomic mass is 9.99. The second kappa shape index (κ2) is 5.74. The smallest absolute Gasteiger partial charge is 0.122 e. The van der Waals surface area contributed by atoms with E-state index in [1.165, 1.54) is 0 Å². The molecule has 1 aromatic carbocycles. The Morgan fingerprint density at radius 2 is 2.13 bits per heavy atom. The SMILES string of the molecule is [CH2]C(CF)c1ccc(CC)c(OCC)c1. The lowest BCUT2D eigenvalue weighted by molar-refractivity contribution is 0.336. The first-order chi connectivity index (χ1) is 7.22. The standard InChI is InChI=1S/C13H18FO/c1-4-11-6-7-12(10(3)9-14)8-13(11)15-5-2/h6-8,10H,3-5,9H2,1-2H3. The van der Waals surface area contributed by atoms with Crippen molar-refractivity contribution in [2.24, 2.45) is 0 Å². The molecule has 0 fully saturated rings. The van der Waals surface area contributed by atoms with Gasteiger partial charge in [0.2, 0.25) is 0 Å². The van der Waals surface area contributed by atoms with Crippen molar-refractivity contribution >= 4 is 0 Å². The van der Waals surface area contributed by atoms with Crippen LogP contribution in [0.15, 0.2) is 18.2 Å². The molecule has 0 heterocycles. The zero-order valence-corrected chi connectivity index (χ0v) is 9.42. The molecule has 0 saturated heterocycles. The van der Waals surface area contributed by atoms with Crippen molar-refractivity contribution in [2.75, 3.05) is 13.3 Å². The number of rotatable bonds is 5. The van der Waals surface area contributed by atoms with Crippen LogP contribution in [0.1, 0.15) is 30.9 Å². The predicted molar refractivity (Wildman–Crippen MR) is 61.1 cm³/mol. The molecule has 0 aliphatic heterocycles. The van der Waals surface area contributed by atoms with Crippen LogP contribution in [0.3, 0.4) is 0 Å². The third-order valence-corrected chi connectivity index (χ3v) is 2.43. The van der Waals surface area contributed by atoms with Crippen LogP contribution in [0, 0.1) is 6.92 Å². The van der Waals surface area contributed by atoms with Gasteiger partial charge in [-0.2, -0.15) is 0 Å². The van der Waals surface area contributed by atoms with Gasteiger partial charge in [0.15, 0.2) is 0 Å². The number of ether oxygens (including phenoxy) is 1. The van der Waals surface area contributed by atoms with E-state index in [4.69, 9.17) is 4.74 Å². The third kappa shape index (κ3) is 2.95. The van der Waals surface area contributed by atoms with Gasteiger partial charge < -0.3 is 4.74 Å². The van der Waals surface area contributed by atoms with Crippen LogP contribution in [-0.2, 0) is 6.42 Å². The van der Waals surface area contributed by atoms with Gasteiger partial charge in [0.25, 0.3) is 0 Å². The highest BCUT2D eigenvalue weighted by Gasteiger charge is 2.08. The Labute approximate surface area is 91.3 Å². The van der Waals surface area contributed by atoms with Crippen molar-refractivity contribution in [3.8, 4) is 5.75 Å². The van der Waals surface area contributed by atoms with Gasteiger partial charge in [-0.15, -0.1) is 0 Å². The van der Waals surface area contributed by atoms with Gasteiger partial charge in [0.1, 0.15) is 5.75 Å². The molecular weight excluding hydrogens is 191 g/mol. The Hall–Kier alpha value is -1.05. The Kier molecular flexibility index (Phi) is 4.60. The maximum Gasteiger partial charge on any atom is 0.122 e. The van der Waals surface area contributed by atoms with Crippen molar-refractivity contribution in [1.29, 1.82) is 0 Å². The topological polar surface area (TPSA) is 9.23 Å². The summed E-state index contributed by atoms with van der Waals surface area (Å²) in [6.07, 6.45) is 0.924. The summed E-state index contributed by atoms with van der Waals surface area (Å²) in [5, 5.41) is 0. The molecule has 1 rings (SSSR count). The molecule has 1 atom stereocenters. The number of alkyl halides is 1. The first-order valence-corrected chi connectivity index (χ1v) is 5.37. The van der Waals surface area contributed by atoms with Gasteiger partial charge in [0.05, 0.1) is 13.3 Å². The summed E-state index contributed by atoms with van der Waals surface area (Å²) in [7, 11) is 0. The van der Waals surface area contributed by atoms with Crippen molar-refractivity contribution in [3.05, 3.63) is 36.2 Å². The van der Waals surface area contributed by atoms with Gasteiger partial charge in [-0.3, -0.25) is 4.39 Å². The summed E-state index contributed by atoms with van der Waals surface area (Å²) in [6, 6.07) is 5.83. The molecule has 1 radical (unpaired) electrons. The lowest BCUT2D eigenvalue weighted by Crippen LogP contribution is -2.00. The van der Waals surface area contributed by atoms with E-state index < -0.39 is 6.67 Å². The van der Waals surface area contributed by atoms with Crippen molar-refractivity contribution in [1.82, 2.24) is 0 Å². The van der Waals surface area contributed by atoms with Crippen molar-refractivity contribution < 1.29 is 9.13 Å². The Morgan fingerprint density at radius 3 is 2.67 bits per heavy atom. The number of hydrogen-bond donors (Lipinski definition) is 0. The maximum absolute atomic E-state index is 12.5. The summed E-state index contributed by atoms with van der Waals surface area (Å²) in [5.41, 5.74) is 2.06. The minimum Gasteiger partial charge on any atom is -0.494 e. The molecule has 2 heteroatoms. The predicted octanol–water partition coefficient (Wildman–Crippen LogP) is 3.53. The fourth-order valence-electron chi connectivity index (χ4n) is 1.50. The molecule has 0 saturated carbocycles. The highest BCUT2D eigenvalue weighted by Crippen LogP contribution is 2.25. The van der Waals surface area contributed by atoms with Crippen LogP contribution in [0.25, 0.3) is 0 Å². The van der Waals surface area contributed by atoms with Gasteiger partial charge in [-0.05, 0) is 37.5 Å². The average molecular weight is 209 g/mol. The molecule has 0 aliphatic carbocycles. The molecule has 0 aliphatic rings. The second-order valence-corrected chi connectivity index (χ2v) is 3.50. The molecule has 0 bridgehead atoms. The van der Waals surface area contributed by atoms with Gasteiger partial charge in [0, 0.05) is 5.92 Å². The fraction of sp³-hybridized carbons (Fsp3) is 0.462. The summed E-state index contributed by atoms with van der Waals surface area (Å²) < 4.78 is 18.0. The van der Waals surface area contributed by atoms with Crippen LogP contribution in [-0.4, -0.2) is 13.3 Å². The van der Waals surface area contributed by atoms with Crippen molar-refractivity contribution in [2.45, 2.75) is 26.2 Å². The van der Waals surface area contributed by atoms with E-state index in [1.807, 2.05) is 25.1 Å². The average Bonchev–Trinajstić information content (AvgIpc) is 2.28. The van der Waals surface area contributed by atoms with Crippen LogP contribution in [0.4, 0.5) is 4.39 Å². The van der Waals surface area contributed by atoms with Crippen LogP contribution in [0.2, 0.25) is 0 Å². The zero-order chi connectivity index (χ0) is 11.3. The van der Waals surface area contributed by atoms with E-state index in [2.05, 4.69) is 13.8 Å². The van der Waals surface area contributed by atoms with Gasteiger partial charge in [-0.25, -0.2) is 0 Å². The van der Waals surface area contributed by atoms with E-state index in [0.29, 0.717) is 6.61 Å². The fourth-order valence-corrected chi connectivity index (χ4v) is 1.50. The van der Waals surface area contributed by atoms with Crippen molar-refractivity contribution in [3.63, 3.8) is 0 Å². The van der Waals surface area contributed by atoms with E-state index in [1.54, 1.807) is 0 Å². The lowest BCUT2D eigenvalue weighted by Gasteiger charge is -2.13. The normalized spacial score (nSPS) is 12.5. The minimum atomic E-state index is -0.433. The molecule has 0 amide bonds. The highest BCUT2D eigenvalue weighted by atomic mass is 19.1. The molecule has 0 aromatic heterocycles. The summed E-state index contributed by atoms with van der Waals surface area (Å²) >= 11 is 0. The molecule has 1 nitrogen and oxygen atoms in total. The third-order valence-electron chi connectivity index (χ3n) is 2.43. The van der Waals surface area contributed by atoms with Crippen LogP contribution < -0.4 is 4.74 Å². The molecular formula is C13H18FO. The van der Waals surface area contributed by atoms with E-state index >= 15 is 0 Å². The number of halogens is 1. The molecule has 15 heavy (non-hydrogen) atoms. The van der Waals surface area contributed by atoms with E-state index in [9.17, 15) is 4.39 Å². The Bertz CT molecular complexity index is 309. The molecule has 1 aromatic rings. The van der Waals surface area contributed by atoms with Crippen LogP contribution in [0.5, 0.6) is 5.75 Å². The van der Waals surface area contributed by atoms with Gasteiger partial charge in [-0.1, -0.05) is 19.1 Å². The first-order valence-electron chi connectivity index (χ1n) is 5.37. The monoisotopic (exact) mass is 209 g/mol. The Morgan fingerprint density at radius 1 is 1.40 bits per heavy atom. The molecule has 83 valence electrons. The second-order valence-electron chi connectivity index (χ2n) is 3.50. The van der Waals surface area contributed by atoms with Crippen LogP contribution >= 0.6 is 0 Å². The minimum absolute atomic E-state index is 0.296. The van der Waals surface area contributed by atoms with E-state index in [0.717, 1.165) is 23.3 Å². The van der Waals surface area contributed by atoms with E-state index in [-0.39, 0.29) is 5.92 Å². The number of benzene rings is 1. The molecule has 0 spiro atoms. The molecule has 0 N–H and O–H groups in total. The highest BCUT2D eigenvalue weighted by molar-refractivity contribution is 5.39. The number of aryl methyl sites for hydroxylation is 1. The summed E-state index contributed by atoms with van der Waals surface area (Å²) in [5.74, 6) is 0.565. The zero-order valence-electron chi connectivity index (χ0n) is 9.42. The summed E-state index contributed by atoms with van der Waals surface area (Å²) in [6.45, 7) is 7.98. The largest absolute Gasteiger partial charge is 0.494 e. The van der Waals surface area contributed by atoms with Gasteiger partial charge >= 0.3 is 0 Å². The Balaban J connectivity index is 2.98. The molecule has 1 unspecified atom stereocenters. The summed E-state index contributed by atoms with van der Waals surface area (Å²) in [4.78, 5) is 0. The first kappa shape index (κ1) is 12.0. The quantitative estimate of drug-likeness (QED) is 0.720. The number of hydrogen-bond acceptors (Lipinski definition) is 1.